The van der Waals surface area contributed by atoms with Gasteiger partial charge in [-0.1, -0.05) is 72.8 Å². The Kier molecular flexibility index (Phi) is 7.36. The lowest BCUT2D eigenvalue weighted by atomic mass is 10.1. The molecular formula is C27H22ClN3O2S. The molecule has 3 aromatic rings. The molecule has 7 heteroatoms. The Morgan fingerprint density at radius 1 is 1.06 bits per heavy atom. The van der Waals surface area contributed by atoms with Gasteiger partial charge < -0.3 is 5.32 Å². The maximum Gasteiger partial charge on any atom is 0.269 e. The maximum atomic E-state index is 13.5. The molecule has 1 N–H and O–H groups in total. The summed E-state index contributed by atoms with van der Waals surface area (Å²) in [5.74, 6) is -0.731. The van der Waals surface area contributed by atoms with E-state index >= 15 is 0 Å². The quantitative estimate of drug-likeness (QED) is 0.343. The van der Waals surface area contributed by atoms with Crippen molar-refractivity contribution in [2.24, 2.45) is 0 Å². The number of amides is 2. The third-order valence-corrected chi connectivity index (χ3v) is 6.95. The number of carbonyl (C=O) groups excluding carboxylic acids is 2. The average Bonchev–Trinajstić information content (AvgIpc) is 3.16. The molecule has 0 bridgehead atoms. The molecule has 1 fully saturated rings. The summed E-state index contributed by atoms with van der Waals surface area (Å²) >= 11 is 7.35. The standard InChI is InChI=1S/C27H22ClN3O2S/c1-2-18-11-13-21(14-12-18)30-25(32)23(17-29)27-31(22-9-4-3-5-10-22)26(33)24(34-27)16-19-7-6-8-20(28)15-19/h3-15,24H,2,16H2,1H3,(H,30,32)/b27-23-. The van der Waals surface area contributed by atoms with Crippen molar-refractivity contribution in [3.8, 4) is 6.07 Å². The van der Waals surface area contributed by atoms with Crippen molar-refractivity contribution >= 4 is 46.6 Å². The Morgan fingerprint density at radius 2 is 1.79 bits per heavy atom. The summed E-state index contributed by atoms with van der Waals surface area (Å²) in [6.45, 7) is 2.05. The summed E-state index contributed by atoms with van der Waals surface area (Å²) in [5, 5.41) is 13.2. The predicted octanol–water partition coefficient (Wildman–Crippen LogP) is 5.97. The molecule has 1 heterocycles. The topological polar surface area (TPSA) is 73.2 Å². The largest absolute Gasteiger partial charge is 0.321 e. The first-order chi connectivity index (χ1) is 16.5. The van der Waals surface area contributed by atoms with E-state index < -0.39 is 11.2 Å². The SMILES string of the molecule is CCc1ccc(NC(=O)/C(C#N)=C2\SC(Cc3cccc(Cl)c3)C(=O)N2c2ccccc2)cc1. The molecule has 4 rings (SSSR count). The van der Waals surface area contributed by atoms with E-state index in [0.717, 1.165) is 17.5 Å². The van der Waals surface area contributed by atoms with E-state index in [9.17, 15) is 14.9 Å². The highest BCUT2D eigenvalue weighted by Crippen LogP contribution is 2.42. The van der Waals surface area contributed by atoms with Crippen molar-refractivity contribution in [3.05, 3.63) is 106 Å². The van der Waals surface area contributed by atoms with Crippen LogP contribution in [0.5, 0.6) is 0 Å². The number of anilines is 2. The second kappa shape index (κ2) is 10.6. The van der Waals surface area contributed by atoms with Gasteiger partial charge in [-0.15, -0.1) is 0 Å². The molecule has 0 spiro atoms. The maximum absolute atomic E-state index is 13.5. The second-order valence-corrected chi connectivity index (χ2v) is 9.37. The fraction of sp³-hybridized carbons (Fsp3) is 0.148. The number of aryl methyl sites for hydroxylation is 1. The van der Waals surface area contributed by atoms with Crippen LogP contribution in [-0.2, 0) is 22.4 Å². The Labute approximate surface area is 208 Å². The number of nitrogens with zero attached hydrogens (tertiary/aromatic N) is 2. The smallest absolute Gasteiger partial charge is 0.269 e. The highest BCUT2D eigenvalue weighted by atomic mass is 35.5. The molecule has 3 aromatic carbocycles. The molecule has 1 aliphatic rings. The lowest BCUT2D eigenvalue weighted by Crippen LogP contribution is -2.30. The van der Waals surface area contributed by atoms with E-state index in [-0.39, 0.29) is 11.5 Å². The Hall–Kier alpha value is -3.53. The van der Waals surface area contributed by atoms with Gasteiger partial charge in [0.1, 0.15) is 16.7 Å². The summed E-state index contributed by atoms with van der Waals surface area (Å²) in [6, 6.07) is 25.9. The van der Waals surface area contributed by atoms with Gasteiger partial charge in [0.15, 0.2) is 0 Å². The summed E-state index contributed by atoms with van der Waals surface area (Å²) in [5.41, 5.74) is 3.15. The zero-order valence-electron chi connectivity index (χ0n) is 18.5. The van der Waals surface area contributed by atoms with Gasteiger partial charge in [0, 0.05) is 16.4 Å². The molecule has 2 amide bonds. The molecular weight excluding hydrogens is 466 g/mol. The lowest BCUT2D eigenvalue weighted by molar-refractivity contribution is -0.117. The van der Waals surface area contributed by atoms with Crippen molar-refractivity contribution in [1.29, 1.82) is 5.26 Å². The lowest BCUT2D eigenvalue weighted by Gasteiger charge is -2.18. The Morgan fingerprint density at radius 3 is 2.44 bits per heavy atom. The molecule has 170 valence electrons. The number of halogens is 1. The minimum absolute atomic E-state index is 0.102. The number of rotatable bonds is 6. The molecule has 0 saturated carbocycles. The van der Waals surface area contributed by atoms with E-state index in [0.29, 0.717) is 27.8 Å². The molecule has 1 atom stereocenters. The molecule has 1 unspecified atom stereocenters. The summed E-state index contributed by atoms with van der Waals surface area (Å²) in [6.07, 6.45) is 1.32. The Bertz CT molecular complexity index is 1280. The molecule has 0 aliphatic carbocycles. The normalized spacial score (nSPS) is 16.8. The minimum atomic E-state index is -0.550. The summed E-state index contributed by atoms with van der Waals surface area (Å²) < 4.78 is 0. The fourth-order valence-corrected chi connectivity index (χ4v) is 5.22. The van der Waals surface area contributed by atoms with Gasteiger partial charge in [-0.3, -0.25) is 14.5 Å². The molecule has 5 nitrogen and oxygen atoms in total. The van der Waals surface area contributed by atoms with Crippen molar-refractivity contribution in [3.63, 3.8) is 0 Å². The van der Waals surface area contributed by atoms with Crippen LogP contribution >= 0.6 is 23.4 Å². The molecule has 1 saturated heterocycles. The van der Waals surface area contributed by atoms with Crippen LogP contribution in [0.15, 0.2) is 89.5 Å². The molecule has 34 heavy (non-hydrogen) atoms. The van der Waals surface area contributed by atoms with Crippen LogP contribution in [0.4, 0.5) is 11.4 Å². The highest BCUT2D eigenvalue weighted by Gasteiger charge is 2.40. The van der Waals surface area contributed by atoms with Crippen molar-refractivity contribution in [2.45, 2.75) is 25.0 Å². The fourth-order valence-electron chi connectivity index (χ4n) is 3.69. The number of para-hydroxylation sites is 1. The van der Waals surface area contributed by atoms with Crippen LogP contribution in [0.1, 0.15) is 18.1 Å². The zero-order chi connectivity index (χ0) is 24.1. The van der Waals surface area contributed by atoms with Gasteiger partial charge in [-0.2, -0.15) is 5.26 Å². The monoisotopic (exact) mass is 487 g/mol. The van der Waals surface area contributed by atoms with Crippen LogP contribution in [-0.4, -0.2) is 17.1 Å². The van der Waals surface area contributed by atoms with E-state index in [4.69, 9.17) is 11.6 Å². The van der Waals surface area contributed by atoms with Gasteiger partial charge in [0.2, 0.25) is 5.91 Å². The van der Waals surface area contributed by atoms with E-state index in [1.54, 1.807) is 30.3 Å². The van der Waals surface area contributed by atoms with Crippen LogP contribution in [0.3, 0.4) is 0 Å². The van der Waals surface area contributed by atoms with Crippen molar-refractivity contribution < 1.29 is 9.59 Å². The van der Waals surface area contributed by atoms with Gasteiger partial charge >= 0.3 is 0 Å². The second-order valence-electron chi connectivity index (χ2n) is 7.75. The van der Waals surface area contributed by atoms with E-state index in [1.165, 1.54) is 16.7 Å². The average molecular weight is 488 g/mol. The van der Waals surface area contributed by atoms with Gasteiger partial charge in [-0.25, -0.2) is 0 Å². The highest BCUT2D eigenvalue weighted by molar-refractivity contribution is 8.05. The third kappa shape index (κ3) is 5.17. The first-order valence-electron chi connectivity index (χ1n) is 10.8. The van der Waals surface area contributed by atoms with Crippen LogP contribution < -0.4 is 10.2 Å². The van der Waals surface area contributed by atoms with Gasteiger partial charge in [0.25, 0.3) is 5.91 Å². The molecule has 1 aliphatic heterocycles. The number of benzene rings is 3. The first kappa shape index (κ1) is 23.6. The zero-order valence-corrected chi connectivity index (χ0v) is 20.1. The number of thioether (sulfide) groups is 1. The number of hydrogen-bond donors (Lipinski definition) is 1. The Balaban J connectivity index is 1.69. The van der Waals surface area contributed by atoms with Gasteiger partial charge in [-0.05, 0) is 60.4 Å². The van der Waals surface area contributed by atoms with Crippen molar-refractivity contribution in [2.75, 3.05) is 10.2 Å². The number of carbonyl (C=O) groups is 2. The van der Waals surface area contributed by atoms with E-state index in [2.05, 4.69) is 12.2 Å². The summed E-state index contributed by atoms with van der Waals surface area (Å²) in [4.78, 5) is 28.1. The minimum Gasteiger partial charge on any atom is -0.321 e. The number of nitriles is 1. The van der Waals surface area contributed by atoms with Crippen LogP contribution in [0, 0.1) is 11.3 Å². The van der Waals surface area contributed by atoms with Crippen LogP contribution in [0.25, 0.3) is 0 Å². The van der Waals surface area contributed by atoms with Crippen LogP contribution in [0.2, 0.25) is 5.02 Å². The molecule has 0 aromatic heterocycles. The number of hydrogen-bond acceptors (Lipinski definition) is 4. The predicted molar refractivity (Wildman–Crippen MR) is 138 cm³/mol. The first-order valence-corrected chi connectivity index (χ1v) is 12.1. The van der Waals surface area contributed by atoms with Crippen molar-refractivity contribution in [1.82, 2.24) is 0 Å². The summed E-state index contributed by atoms with van der Waals surface area (Å²) in [7, 11) is 0. The van der Waals surface area contributed by atoms with E-state index in [1.807, 2.05) is 54.6 Å². The van der Waals surface area contributed by atoms with Gasteiger partial charge in [0.05, 0.1) is 5.25 Å². The molecule has 0 radical (unpaired) electrons. The third-order valence-electron chi connectivity index (χ3n) is 5.45. The number of nitrogens with one attached hydrogen (secondary N) is 1.